The molecule has 1 aromatic rings. The lowest BCUT2D eigenvalue weighted by Crippen LogP contribution is -2.39. The van der Waals surface area contributed by atoms with E-state index in [4.69, 9.17) is 4.74 Å². The zero-order chi connectivity index (χ0) is 14.3. The number of hydrogen-bond donors (Lipinski definition) is 1. The van der Waals surface area contributed by atoms with Gasteiger partial charge in [-0.15, -0.1) is 11.3 Å². The van der Waals surface area contributed by atoms with Crippen molar-refractivity contribution in [3.8, 4) is 0 Å². The van der Waals surface area contributed by atoms with Crippen molar-refractivity contribution in [2.24, 2.45) is 0 Å². The van der Waals surface area contributed by atoms with Crippen LogP contribution in [0.15, 0.2) is 5.51 Å². The van der Waals surface area contributed by atoms with Crippen LogP contribution >= 0.6 is 11.3 Å². The fraction of sp³-hybridized carbons (Fsp3) is 0.692. The third kappa shape index (κ3) is 5.57. The first kappa shape index (κ1) is 15.9. The fourth-order valence-corrected chi connectivity index (χ4v) is 2.34. The summed E-state index contributed by atoms with van der Waals surface area (Å²) in [5.74, 6) is 0. The Morgan fingerprint density at radius 1 is 1.63 bits per heavy atom. The average molecular weight is 285 g/mol. The van der Waals surface area contributed by atoms with Gasteiger partial charge >= 0.3 is 6.03 Å². The van der Waals surface area contributed by atoms with Crippen molar-refractivity contribution in [1.29, 1.82) is 0 Å². The Morgan fingerprint density at radius 3 is 2.95 bits per heavy atom. The maximum Gasteiger partial charge on any atom is 0.317 e. The van der Waals surface area contributed by atoms with Crippen LogP contribution in [-0.2, 0) is 11.2 Å². The molecule has 0 aromatic carbocycles. The number of urea groups is 1. The summed E-state index contributed by atoms with van der Waals surface area (Å²) in [4.78, 5) is 19.0. The number of rotatable bonds is 7. The molecule has 1 heterocycles. The van der Waals surface area contributed by atoms with Crippen molar-refractivity contribution < 1.29 is 9.53 Å². The van der Waals surface area contributed by atoms with Crippen LogP contribution in [-0.4, -0.2) is 49.3 Å². The molecule has 19 heavy (non-hydrogen) atoms. The molecule has 1 aromatic heterocycles. The number of aromatic nitrogens is 1. The number of carbonyl (C=O) groups is 1. The monoisotopic (exact) mass is 285 g/mol. The summed E-state index contributed by atoms with van der Waals surface area (Å²) in [5, 5.41) is 2.89. The van der Waals surface area contributed by atoms with Crippen LogP contribution in [0, 0.1) is 6.92 Å². The summed E-state index contributed by atoms with van der Waals surface area (Å²) in [6.07, 6.45) is 1.85. The maximum atomic E-state index is 11.8. The van der Waals surface area contributed by atoms with Crippen molar-refractivity contribution in [3.05, 3.63) is 16.1 Å². The molecule has 0 aliphatic carbocycles. The largest absolute Gasteiger partial charge is 0.382 e. The van der Waals surface area contributed by atoms with Gasteiger partial charge in [-0.05, 0) is 20.3 Å². The molecule has 0 saturated carbocycles. The smallest absolute Gasteiger partial charge is 0.317 e. The Bertz CT molecular complexity index is 395. The Hall–Kier alpha value is -1.14. The maximum absolute atomic E-state index is 11.8. The van der Waals surface area contributed by atoms with Crippen molar-refractivity contribution in [1.82, 2.24) is 15.2 Å². The standard InChI is InChI=1S/C13H23N3O2S/c1-10(18-4)5-7-14-13(17)16(3)8-6-12-11(2)15-9-19-12/h9-10H,5-8H2,1-4H3,(H,14,17). The number of hydrogen-bond acceptors (Lipinski definition) is 4. The highest BCUT2D eigenvalue weighted by Gasteiger charge is 2.10. The van der Waals surface area contributed by atoms with E-state index in [1.54, 1.807) is 23.3 Å². The second-order valence-corrected chi connectivity index (χ2v) is 5.54. The van der Waals surface area contributed by atoms with Crippen molar-refractivity contribution in [2.45, 2.75) is 32.8 Å². The first-order valence-corrected chi connectivity index (χ1v) is 7.33. The highest BCUT2D eigenvalue weighted by Crippen LogP contribution is 2.12. The van der Waals surface area contributed by atoms with Crippen LogP contribution in [0.2, 0.25) is 0 Å². The highest BCUT2D eigenvalue weighted by molar-refractivity contribution is 7.09. The van der Waals surface area contributed by atoms with E-state index < -0.39 is 0 Å². The van der Waals surface area contributed by atoms with E-state index in [0.29, 0.717) is 13.1 Å². The normalized spacial score (nSPS) is 12.2. The van der Waals surface area contributed by atoms with E-state index in [0.717, 1.165) is 18.5 Å². The molecular weight excluding hydrogens is 262 g/mol. The minimum atomic E-state index is -0.0366. The van der Waals surface area contributed by atoms with E-state index in [1.165, 1.54) is 4.88 Å². The summed E-state index contributed by atoms with van der Waals surface area (Å²) in [7, 11) is 3.49. The third-order valence-corrected chi connectivity index (χ3v) is 4.09. The molecular formula is C13H23N3O2S. The molecule has 0 aliphatic heterocycles. The number of thiazole rings is 1. The van der Waals surface area contributed by atoms with Gasteiger partial charge in [0.1, 0.15) is 0 Å². The van der Waals surface area contributed by atoms with Crippen molar-refractivity contribution in [2.75, 3.05) is 27.2 Å². The van der Waals surface area contributed by atoms with Gasteiger partial charge in [-0.2, -0.15) is 0 Å². The molecule has 1 atom stereocenters. The SMILES string of the molecule is COC(C)CCNC(=O)N(C)CCc1scnc1C. The van der Waals surface area contributed by atoms with E-state index >= 15 is 0 Å². The van der Waals surface area contributed by atoms with Crippen molar-refractivity contribution in [3.63, 3.8) is 0 Å². The minimum Gasteiger partial charge on any atom is -0.382 e. The number of aryl methyl sites for hydroxylation is 1. The average Bonchev–Trinajstić information content (AvgIpc) is 2.81. The van der Waals surface area contributed by atoms with Crippen LogP contribution in [0.25, 0.3) is 0 Å². The molecule has 6 heteroatoms. The Labute approximate surface area is 119 Å². The molecule has 1 rings (SSSR count). The molecule has 0 spiro atoms. The number of methoxy groups -OCH3 is 1. The number of ether oxygens (including phenoxy) is 1. The van der Waals surface area contributed by atoms with Crippen LogP contribution in [0.3, 0.4) is 0 Å². The predicted octanol–water partition coefficient (Wildman–Crippen LogP) is 2.06. The Balaban J connectivity index is 2.23. The van der Waals surface area contributed by atoms with Gasteiger partial charge in [-0.25, -0.2) is 9.78 Å². The van der Waals surface area contributed by atoms with Gasteiger partial charge < -0.3 is 15.0 Å². The van der Waals surface area contributed by atoms with Gasteiger partial charge in [0.15, 0.2) is 0 Å². The van der Waals surface area contributed by atoms with Gasteiger partial charge in [0, 0.05) is 38.5 Å². The van der Waals surface area contributed by atoms with Gasteiger partial charge in [0.25, 0.3) is 0 Å². The van der Waals surface area contributed by atoms with E-state index in [1.807, 2.05) is 26.4 Å². The third-order valence-electron chi connectivity index (χ3n) is 3.10. The molecule has 0 bridgehead atoms. The summed E-state index contributed by atoms with van der Waals surface area (Å²) in [6.45, 7) is 5.33. The van der Waals surface area contributed by atoms with E-state index in [9.17, 15) is 4.79 Å². The molecule has 0 saturated heterocycles. The molecule has 1 unspecified atom stereocenters. The van der Waals surface area contributed by atoms with Crippen molar-refractivity contribution >= 4 is 17.4 Å². The molecule has 1 N–H and O–H groups in total. The lowest BCUT2D eigenvalue weighted by molar-refractivity contribution is 0.111. The molecule has 0 radical (unpaired) electrons. The molecule has 0 aliphatic rings. The second-order valence-electron chi connectivity index (χ2n) is 4.60. The number of carbonyl (C=O) groups excluding carboxylic acids is 1. The molecule has 0 fully saturated rings. The number of amides is 2. The Morgan fingerprint density at radius 2 is 2.37 bits per heavy atom. The zero-order valence-electron chi connectivity index (χ0n) is 12.1. The molecule has 2 amide bonds. The van der Waals surface area contributed by atoms with E-state index in [2.05, 4.69) is 10.3 Å². The van der Waals surface area contributed by atoms with Gasteiger partial charge in [0.05, 0.1) is 17.3 Å². The lowest BCUT2D eigenvalue weighted by atomic mass is 10.3. The van der Waals surface area contributed by atoms with Gasteiger partial charge in [-0.3, -0.25) is 0 Å². The summed E-state index contributed by atoms with van der Waals surface area (Å²) in [6, 6.07) is -0.0366. The van der Waals surface area contributed by atoms with E-state index in [-0.39, 0.29) is 12.1 Å². The summed E-state index contributed by atoms with van der Waals surface area (Å²) >= 11 is 1.64. The lowest BCUT2D eigenvalue weighted by Gasteiger charge is -2.18. The quantitative estimate of drug-likeness (QED) is 0.834. The molecule has 5 nitrogen and oxygen atoms in total. The van der Waals surface area contributed by atoms with Crippen LogP contribution < -0.4 is 5.32 Å². The van der Waals surface area contributed by atoms with Crippen LogP contribution in [0.5, 0.6) is 0 Å². The van der Waals surface area contributed by atoms with Crippen LogP contribution in [0.1, 0.15) is 23.9 Å². The predicted molar refractivity (Wildman–Crippen MR) is 77.7 cm³/mol. The zero-order valence-corrected chi connectivity index (χ0v) is 12.9. The highest BCUT2D eigenvalue weighted by atomic mass is 32.1. The van der Waals surface area contributed by atoms with Gasteiger partial charge in [0.2, 0.25) is 0 Å². The molecule has 108 valence electrons. The number of likely N-dealkylation sites (N-methyl/N-ethyl adjacent to an activating group) is 1. The Kier molecular flexibility index (Phi) is 6.80. The topological polar surface area (TPSA) is 54.5 Å². The first-order valence-electron chi connectivity index (χ1n) is 6.45. The first-order chi connectivity index (χ1) is 9.04. The summed E-state index contributed by atoms with van der Waals surface area (Å²) in [5.41, 5.74) is 2.91. The summed E-state index contributed by atoms with van der Waals surface area (Å²) < 4.78 is 5.13. The minimum absolute atomic E-state index is 0.0366. The van der Waals surface area contributed by atoms with Gasteiger partial charge in [-0.1, -0.05) is 0 Å². The number of nitrogens with zero attached hydrogens (tertiary/aromatic N) is 2. The van der Waals surface area contributed by atoms with Crippen LogP contribution in [0.4, 0.5) is 4.79 Å². The number of nitrogens with one attached hydrogen (secondary N) is 1. The second kappa shape index (κ2) is 8.12. The fourth-order valence-electron chi connectivity index (χ4n) is 1.57.